The van der Waals surface area contributed by atoms with Crippen molar-refractivity contribution in [2.45, 2.75) is 135 Å². The molecular weight excluding hydrogens is 811 g/mol. The standard InChI is InChI=1S/C39H73N13O10/c1-7-9-30(54)47-27(13-17-43-19-22(3)4)35(58)46-20-31(55)48-25(10-14-40)34(57)45-21-32(56)49-28-18-23(5)52(39(28)62)29(12-16-42)37(60)50-26(11-15-41)36(59)51-33(24(6)53)38(61)44-8-2/h22-29,33,43,53H,7-21,40-42H2,1-6H3,(H,44,61)(H,45,57)(H,46,58)(H,47,54)(H,48,55)(H,49,56)(H,50,60)(H,51,59). The molecule has 23 heteroatoms. The van der Waals surface area contributed by atoms with Crippen LogP contribution in [0.25, 0.3) is 0 Å². The Morgan fingerprint density at radius 1 is 0.694 bits per heavy atom. The van der Waals surface area contributed by atoms with E-state index in [1.54, 1.807) is 13.8 Å². The van der Waals surface area contributed by atoms with Crippen LogP contribution in [-0.2, 0) is 43.2 Å². The Morgan fingerprint density at radius 3 is 1.77 bits per heavy atom. The highest BCUT2D eigenvalue weighted by molar-refractivity contribution is 5.97. The third-order valence-electron chi connectivity index (χ3n) is 9.76. The predicted molar refractivity (Wildman–Crippen MR) is 229 cm³/mol. The van der Waals surface area contributed by atoms with Crippen molar-refractivity contribution < 1.29 is 48.3 Å². The number of amides is 9. The fraction of sp³-hybridized carbons (Fsp3) is 0.769. The summed E-state index contributed by atoms with van der Waals surface area (Å²) in [5.41, 5.74) is 17.2. The van der Waals surface area contributed by atoms with Crippen molar-refractivity contribution in [2.24, 2.45) is 23.1 Å². The summed E-state index contributed by atoms with van der Waals surface area (Å²) in [7, 11) is 0. The molecule has 0 radical (unpaired) electrons. The Hall–Kier alpha value is -4.97. The van der Waals surface area contributed by atoms with Crippen molar-refractivity contribution in [3.05, 3.63) is 0 Å². The molecule has 0 spiro atoms. The molecule has 0 aromatic rings. The number of likely N-dealkylation sites (N-methyl/N-ethyl adjacent to an activating group) is 1. The van der Waals surface area contributed by atoms with Crippen molar-refractivity contribution >= 4 is 53.2 Å². The van der Waals surface area contributed by atoms with E-state index in [0.29, 0.717) is 18.9 Å². The number of nitrogens with zero attached hydrogens (tertiary/aromatic N) is 1. The zero-order chi connectivity index (χ0) is 46.9. The van der Waals surface area contributed by atoms with Crippen LogP contribution in [0.1, 0.15) is 86.5 Å². The van der Waals surface area contributed by atoms with Crippen LogP contribution in [0.4, 0.5) is 0 Å². The first-order valence-electron chi connectivity index (χ1n) is 21.5. The van der Waals surface area contributed by atoms with E-state index >= 15 is 0 Å². The summed E-state index contributed by atoms with van der Waals surface area (Å²) in [5.74, 6) is -5.43. The molecular formula is C39H73N13O10. The van der Waals surface area contributed by atoms with Gasteiger partial charge in [0.05, 0.1) is 19.2 Å². The Morgan fingerprint density at radius 2 is 1.24 bits per heavy atom. The third kappa shape index (κ3) is 19.4. The lowest BCUT2D eigenvalue weighted by atomic mass is 10.1. The molecule has 16 N–H and O–H groups in total. The maximum Gasteiger partial charge on any atom is 0.246 e. The van der Waals surface area contributed by atoms with Gasteiger partial charge in [0.15, 0.2) is 0 Å². The molecule has 0 aromatic heterocycles. The molecule has 1 aliphatic heterocycles. The van der Waals surface area contributed by atoms with Crippen molar-refractivity contribution in [2.75, 3.05) is 52.4 Å². The largest absolute Gasteiger partial charge is 0.391 e. The molecule has 0 saturated carbocycles. The Bertz CT molecular complexity index is 1500. The lowest BCUT2D eigenvalue weighted by molar-refractivity contribution is -0.142. The Kier molecular flexibility index (Phi) is 26.1. The molecule has 8 unspecified atom stereocenters. The predicted octanol–water partition coefficient (Wildman–Crippen LogP) is -5.37. The van der Waals surface area contributed by atoms with Crippen molar-refractivity contribution in [3.63, 3.8) is 0 Å². The number of aliphatic hydroxyl groups is 1. The Labute approximate surface area is 364 Å². The van der Waals surface area contributed by atoms with Gasteiger partial charge in [-0.15, -0.1) is 0 Å². The van der Waals surface area contributed by atoms with Crippen LogP contribution < -0.4 is 65.1 Å². The van der Waals surface area contributed by atoms with E-state index in [0.717, 1.165) is 6.54 Å². The minimum atomic E-state index is -1.31. The van der Waals surface area contributed by atoms with E-state index in [1.807, 2.05) is 20.8 Å². The van der Waals surface area contributed by atoms with Crippen LogP contribution in [0, 0.1) is 5.92 Å². The summed E-state index contributed by atoms with van der Waals surface area (Å²) in [6.07, 6.45) is -0.105. The van der Waals surface area contributed by atoms with E-state index in [2.05, 4.69) is 47.9 Å². The number of nitrogens with two attached hydrogens (primary N) is 3. The first-order chi connectivity index (χ1) is 29.3. The van der Waals surface area contributed by atoms with Crippen molar-refractivity contribution in [1.82, 2.24) is 52.8 Å². The highest BCUT2D eigenvalue weighted by Crippen LogP contribution is 2.24. The van der Waals surface area contributed by atoms with Gasteiger partial charge in [0, 0.05) is 19.0 Å². The number of nitrogens with one attached hydrogen (secondary N) is 9. The van der Waals surface area contributed by atoms with Gasteiger partial charge in [-0.05, 0) is 97.9 Å². The third-order valence-corrected chi connectivity index (χ3v) is 9.76. The smallest absolute Gasteiger partial charge is 0.246 e. The summed E-state index contributed by atoms with van der Waals surface area (Å²) in [5, 5.41) is 33.6. The quantitative estimate of drug-likeness (QED) is 0.0300. The highest BCUT2D eigenvalue weighted by Gasteiger charge is 2.44. The van der Waals surface area contributed by atoms with Crippen LogP contribution in [0.15, 0.2) is 0 Å². The minimum Gasteiger partial charge on any atom is -0.391 e. The fourth-order valence-corrected chi connectivity index (χ4v) is 6.64. The first-order valence-corrected chi connectivity index (χ1v) is 21.5. The minimum absolute atomic E-state index is 0.00520. The number of hydrogen-bond acceptors (Lipinski definition) is 14. The number of carbonyl (C=O) groups is 9. The lowest BCUT2D eigenvalue weighted by Crippen LogP contribution is -2.60. The van der Waals surface area contributed by atoms with Crippen LogP contribution in [0.2, 0.25) is 0 Å². The molecule has 354 valence electrons. The molecule has 1 aliphatic rings. The molecule has 9 amide bonds. The van der Waals surface area contributed by atoms with Gasteiger partial charge in [0.2, 0.25) is 53.2 Å². The second kappa shape index (κ2) is 29.4. The number of carbonyl (C=O) groups excluding carboxylic acids is 9. The van der Waals surface area contributed by atoms with E-state index < -0.39 is 109 Å². The van der Waals surface area contributed by atoms with Crippen LogP contribution >= 0.6 is 0 Å². The molecule has 1 rings (SSSR count). The molecule has 0 bridgehead atoms. The first kappa shape index (κ1) is 55.0. The van der Waals surface area contributed by atoms with E-state index in [-0.39, 0.29) is 70.6 Å². The van der Waals surface area contributed by atoms with Crippen LogP contribution in [0.5, 0.6) is 0 Å². The zero-order valence-corrected chi connectivity index (χ0v) is 37.1. The normalized spacial score (nSPS) is 17.7. The molecule has 62 heavy (non-hydrogen) atoms. The van der Waals surface area contributed by atoms with Crippen molar-refractivity contribution in [3.8, 4) is 0 Å². The van der Waals surface area contributed by atoms with Gasteiger partial charge in [0.25, 0.3) is 0 Å². The SMILES string of the molecule is CCCC(=O)NC(CCNCC(C)C)C(=O)NCC(=O)NC(CCN)C(=O)NCC(=O)NC1CC(C)N(C(CCN)C(=O)NC(CCN)C(=O)NC(C(=O)NCC)C(C)O)C1=O. The average Bonchev–Trinajstić information content (AvgIpc) is 3.48. The van der Waals surface area contributed by atoms with Gasteiger partial charge in [-0.3, -0.25) is 43.2 Å². The topological polar surface area (TPSA) is 363 Å². The molecule has 0 aromatic carbocycles. The van der Waals surface area contributed by atoms with Gasteiger partial charge >= 0.3 is 0 Å². The van der Waals surface area contributed by atoms with E-state index in [4.69, 9.17) is 17.2 Å². The Balaban J connectivity index is 2.89. The number of aliphatic hydroxyl groups excluding tert-OH is 1. The summed E-state index contributed by atoms with van der Waals surface area (Å²) in [4.78, 5) is 118. The van der Waals surface area contributed by atoms with Gasteiger partial charge in [-0.2, -0.15) is 0 Å². The van der Waals surface area contributed by atoms with E-state index in [9.17, 15) is 48.3 Å². The van der Waals surface area contributed by atoms with E-state index in [1.165, 1.54) is 11.8 Å². The fourth-order valence-electron chi connectivity index (χ4n) is 6.64. The zero-order valence-electron chi connectivity index (χ0n) is 37.1. The molecule has 23 nitrogen and oxygen atoms in total. The summed E-state index contributed by atoms with van der Waals surface area (Å²) >= 11 is 0. The van der Waals surface area contributed by atoms with Crippen LogP contribution in [-0.4, -0.2) is 164 Å². The number of rotatable bonds is 30. The molecule has 0 aliphatic carbocycles. The summed E-state index contributed by atoms with van der Waals surface area (Å²) in [6.45, 7) is 10.8. The number of likely N-dealkylation sites (tertiary alicyclic amines) is 1. The van der Waals surface area contributed by atoms with Gasteiger partial charge in [-0.1, -0.05) is 20.8 Å². The second-order valence-corrected chi connectivity index (χ2v) is 15.7. The maximum absolute atomic E-state index is 13.7. The summed E-state index contributed by atoms with van der Waals surface area (Å²) < 4.78 is 0. The maximum atomic E-state index is 13.7. The monoisotopic (exact) mass is 884 g/mol. The highest BCUT2D eigenvalue weighted by atomic mass is 16.3. The van der Waals surface area contributed by atoms with Gasteiger partial charge in [-0.25, -0.2) is 0 Å². The molecule has 8 atom stereocenters. The number of hydrogen-bond donors (Lipinski definition) is 13. The van der Waals surface area contributed by atoms with Gasteiger partial charge < -0.3 is 75.1 Å². The van der Waals surface area contributed by atoms with Crippen LogP contribution in [0.3, 0.4) is 0 Å². The lowest BCUT2D eigenvalue weighted by Gasteiger charge is -2.32. The van der Waals surface area contributed by atoms with Crippen molar-refractivity contribution in [1.29, 1.82) is 0 Å². The molecule has 1 saturated heterocycles. The molecule has 1 heterocycles. The second-order valence-electron chi connectivity index (χ2n) is 15.7. The average molecular weight is 884 g/mol. The van der Waals surface area contributed by atoms with Gasteiger partial charge in [0.1, 0.15) is 36.3 Å². The summed E-state index contributed by atoms with van der Waals surface area (Å²) in [6, 6.07) is -7.41. The molecule has 1 fully saturated rings.